The van der Waals surface area contributed by atoms with Gasteiger partial charge in [-0.2, -0.15) is 5.10 Å². The minimum absolute atomic E-state index is 0.0244. The van der Waals surface area contributed by atoms with Crippen LogP contribution in [0.3, 0.4) is 0 Å². The van der Waals surface area contributed by atoms with Gasteiger partial charge in [0.1, 0.15) is 17.3 Å². The van der Waals surface area contributed by atoms with E-state index in [4.69, 9.17) is 23.2 Å². The molecule has 3 aromatic rings. The molecule has 7 heteroatoms. The maximum atomic E-state index is 13.1. The molecule has 0 aliphatic rings. The predicted octanol–water partition coefficient (Wildman–Crippen LogP) is 3.26. The first-order chi connectivity index (χ1) is 8.66. The van der Waals surface area contributed by atoms with Gasteiger partial charge in [-0.1, -0.05) is 23.2 Å². The number of hydrogen-bond donors (Lipinski definition) is 0. The van der Waals surface area contributed by atoms with Gasteiger partial charge in [-0.3, -0.25) is 0 Å². The van der Waals surface area contributed by atoms with E-state index in [0.717, 1.165) is 0 Å². The van der Waals surface area contributed by atoms with E-state index in [0.29, 0.717) is 21.9 Å². The number of rotatable bonds is 1. The highest BCUT2D eigenvalue weighted by Crippen LogP contribution is 2.23. The van der Waals surface area contributed by atoms with E-state index < -0.39 is 5.82 Å². The fraction of sp³-hybridized carbons (Fsp3) is 0. The standard InChI is InChI=1S/C11H5Cl2FN4/c12-8-3-6(1-2-9(8)14)18-11-7(4-17-18)10(13)15-5-16-11/h1-5H. The first-order valence-corrected chi connectivity index (χ1v) is 5.72. The maximum absolute atomic E-state index is 13.1. The molecular weight excluding hydrogens is 278 g/mol. The second kappa shape index (κ2) is 4.19. The van der Waals surface area contributed by atoms with Crippen molar-refractivity contribution in [1.29, 1.82) is 0 Å². The topological polar surface area (TPSA) is 43.6 Å². The molecule has 0 N–H and O–H groups in total. The number of nitrogens with zero attached hydrogens (tertiary/aromatic N) is 4. The SMILES string of the molecule is Fc1ccc(-n2ncc3c(Cl)ncnc32)cc1Cl. The van der Waals surface area contributed by atoms with Gasteiger partial charge in [0.15, 0.2) is 5.65 Å². The Morgan fingerprint density at radius 1 is 1.17 bits per heavy atom. The summed E-state index contributed by atoms with van der Waals surface area (Å²) < 4.78 is 14.6. The van der Waals surface area contributed by atoms with Crippen LogP contribution in [0.15, 0.2) is 30.7 Å². The van der Waals surface area contributed by atoms with Crippen LogP contribution in [0.1, 0.15) is 0 Å². The molecule has 0 aliphatic heterocycles. The highest BCUT2D eigenvalue weighted by Gasteiger charge is 2.10. The molecule has 0 spiro atoms. The van der Waals surface area contributed by atoms with Crippen molar-refractivity contribution >= 4 is 34.2 Å². The lowest BCUT2D eigenvalue weighted by molar-refractivity contribution is 0.627. The lowest BCUT2D eigenvalue weighted by atomic mass is 10.3. The van der Waals surface area contributed by atoms with E-state index in [1.54, 1.807) is 12.3 Å². The van der Waals surface area contributed by atoms with Crippen molar-refractivity contribution in [2.75, 3.05) is 0 Å². The van der Waals surface area contributed by atoms with Crippen LogP contribution in [0.5, 0.6) is 0 Å². The quantitative estimate of drug-likeness (QED) is 0.644. The van der Waals surface area contributed by atoms with Crippen LogP contribution in [-0.4, -0.2) is 19.7 Å². The molecule has 0 atom stereocenters. The van der Waals surface area contributed by atoms with Gasteiger partial charge in [-0.25, -0.2) is 19.0 Å². The Morgan fingerprint density at radius 2 is 2.00 bits per heavy atom. The van der Waals surface area contributed by atoms with Gasteiger partial charge in [0.05, 0.1) is 22.3 Å². The molecule has 2 aromatic heterocycles. The minimum Gasteiger partial charge on any atom is -0.224 e. The van der Waals surface area contributed by atoms with Gasteiger partial charge in [-0.05, 0) is 18.2 Å². The second-order valence-electron chi connectivity index (χ2n) is 3.56. The first-order valence-electron chi connectivity index (χ1n) is 4.96. The van der Waals surface area contributed by atoms with Crippen LogP contribution in [0.25, 0.3) is 16.7 Å². The van der Waals surface area contributed by atoms with Crippen molar-refractivity contribution < 1.29 is 4.39 Å². The van der Waals surface area contributed by atoms with Crippen LogP contribution in [-0.2, 0) is 0 Å². The summed E-state index contributed by atoms with van der Waals surface area (Å²) in [6, 6.07) is 4.30. The smallest absolute Gasteiger partial charge is 0.167 e. The molecule has 0 aliphatic carbocycles. The summed E-state index contributed by atoms with van der Waals surface area (Å²) in [5, 5.41) is 5.11. The van der Waals surface area contributed by atoms with E-state index in [2.05, 4.69) is 15.1 Å². The summed E-state index contributed by atoms with van der Waals surface area (Å²) in [5.74, 6) is -0.482. The monoisotopic (exact) mass is 282 g/mol. The lowest BCUT2D eigenvalue weighted by Gasteiger charge is -2.03. The van der Waals surface area contributed by atoms with Gasteiger partial charge >= 0.3 is 0 Å². The van der Waals surface area contributed by atoms with Crippen molar-refractivity contribution in [3.63, 3.8) is 0 Å². The van der Waals surface area contributed by atoms with Gasteiger partial charge in [0.25, 0.3) is 0 Å². The van der Waals surface area contributed by atoms with E-state index in [9.17, 15) is 4.39 Å². The third-order valence-corrected chi connectivity index (χ3v) is 3.06. The Morgan fingerprint density at radius 3 is 2.78 bits per heavy atom. The van der Waals surface area contributed by atoms with E-state index in [-0.39, 0.29) is 5.02 Å². The molecule has 0 amide bonds. The zero-order valence-corrected chi connectivity index (χ0v) is 10.3. The van der Waals surface area contributed by atoms with Crippen molar-refractivity contribution in [2.45, 2.75) is 0 Å². The molecule has 0 bridgehead atoms. The molecule has 90 valence electrons. The Kier molecular flexibility index (Phi) is 2.65. The molecule has 0 unspecified atom stereocenters. The van der Waals surface area contributed by atoms with Gasteiger partial charge in [0.2, 0.25) is 0 Å². The fourth-order valence-electron chi connectivity index (χ4n) is 1.62. The van der Waals surface area contributed by atoms with Crippen molar-refractivity contribution in [2.24, 2.45) is 0 Å². The summed E-state index contributed by atoms with van der Waals surface area (Å²) >= 11 is 11.7. The highest BCUT2D eigenvalue weighted by molar-refractivity contribution is 6.33. The van der Waals surface area contributed by atoms with Crippen LogP contribution < -0.4 is 0 Å². The molecule has 3 rings (SSSR count). The molecule has 0 fully saturated rings. The molecule has 18 heavy (non-hydrogen) atoms. The van der Waals surface area contributed by atoms with Crippen molar-refractivity contribution in [1.82, 2.24) is 19.7 Å². The van der Waals surface area contributed by atoms with E-state index >= 15 is 0 Å². The zero-order chi connectivity index (χ0) is 12.7. The first kappa shape index (κ1) is 11.4. The fourth-order valence-corrected chi connectivity index (χ4v) is 1.97. The normalized spacial score (nSPS) is 11.1. The Labute approximate surface area is 111 Å². The Bertz CT molecular complexity index is 741. The van der Waals surface area contributed by atoms with Gasteiger partial charge < -0.3 is 0 Å². The number of benzene rings is 1. The van der Waals surface area contributed by atoms with Gasteiger partial charge in [0, 0.05) is 0 Å². The van der Waals surface area contributed by atoms with E-state index in [1.807, 2.05) is 0 Å². The van der Waals surface area contributed by atoms with Crippen LogP contribution in [0.4, 0.5) is 4.39 Å². The summed E-state index contributed by atoms with van der Waals surface area (Å²) in [7, 11) is 0. The molecule has 0 radical (unpaired) electrons. The average molecular weight is 283 g/mol. The summed E-state index contributed by atoms with van der Waals surface area (Å²) in [6.45, 7) is 0. The number of aromatic nitrogens is 4. The molecule has 0 saturated heterocycles. The summed E-state index contributed by atoms with van der Waals surface area (Å²) in [5.41, 5.74) is 1.14. The molecule has 1 aromatic carbocycles. The van der Waals surface area contributed by atoms with Crippen LogP contribution in [0.2, 0.25) is 10.2 Å². The molecule has 0 saturated carbocycles. The third-order valence-electron chi connectivity index (χ3n) is 2.46. The van der Waals surface area contributed by atoms with Crippen LogP contribution >= 0.6 is 23.2 Å². The molecule has 2 heterocycles. The van der Waals surface area contributed by atoms with Gasteiger partial charge in [-0.15, -0.1) is 0 Å². The maximum Gasteiger partial charge on any atom is 0.167 e. The lowest BCUT2D eigenvalue weighted by Crippen LogP contribution is -1.98. The Hall–Kier alpha value is -1.72. The highest BCUT2D eigenvalue weighted by atomic mass is 35.5. The number of hydrogen-bond acceptors (Lipinski definition) is 3. The zero-order valence-electron chi connectivity index (χ0n) is 8.81. The molecular formula is C11H5Cl2FN4. The Balaban J connectivity index is 2.25. The van der Waals surface area contributed by atoms with Crippen LogP contribution in [0, 0.1) is 5.82 Å². The largest absolute Gasteiger partial charge is 0.224 e. The number of fused-ring (bicyclic) bond motifs is 1. The second-order valence-corrected chi connectivity index (χ2v) is 4.32. The summed E-state index contributed by atoms with van der Waals surface area (Å²) in [6.07, 6.45) is 2.89. The predicted molar refractivity (Wildman–Crippen MR) is 66.6 cm³/mol. The summed E-state index contributed by atoms with van der Waals surface area (Å²) in [4.78, 5) is 7.96. The van der Waals surface area contributed by atoms with Crippen molar-refractivity contribution in [3.8, 4) is 5.69 Å². The van der Waals surface area contributed by atoms with E-state index in [1.165, 1.54) is 23.1 Å². The minimum atomic E-state index is -0.482. The third kappa shape index (κ3) is 1.72. The number of halogens is 3. The molecule has 4 nitrogen and oxygen atoms in total. The van der Waals surface area contributed by atoms with Crippen molar-refractivity contribution in [3.05, 3.63) is 46.7 Å². The average Bonchev–Trinajstić information content (AvgIpc) is 2.78.